The van der Waals surface area contributed by atoms with Gasteiger partial charge in [0.2, 0.25) is 0 Å². The summed E-state index contributed by atoms with van der Waals surface area (Å²) in [6, 6.07) is 6.92. The Balaban J connectivity index is 1.79. The van der Waals surface area contributed by atoms with Crippen molar-refractivity contribution in [1.29, 1.82) is 0 Å². The molecule has 1 heterocycles. The molecule has 2 aromatic carbocycles. The van der Waals surface area contributed by atoms with E-state index < -0.39 is 22.1 Å². The van der Waals surface area contributed by atoms with Gasteiger partial charge in [-0.05, 0) is 24.3 Å². The van der Waals surface area contributed by atoms with E-state index in [4.69, 9.17) is 21.1 Å². The zero-order valence-electron chi connectivity index (χ0n) is 13.8. The highest BCUT2D eigenvalue weighted by molar-refractivity contribution is 7.92. The number of fused-ring (bicyclic) bond motifs is 1. The van der Waals surface area contributed by atoms with Crippen molar-refractivity contribution >= 4 is 38.9 Å². The summed E-state index contributed by atoms with van der Waals surface area (Å²) in [5.74, 6) is -1.47. The number of nitrogens with one attached hydrogen (secondary N) is 2. The second-order valence-corrected chi connectivity index (χ2v) is 7.65. The molecule has 1 amide bonds. The summed E-state index contributed by atoms with van der Waals surface area (Å²) < 4.78 is 74.8. The second-order valence-electron chi connectivity index (χ2n) is 5.56. The molecule has 0 aliphatic carbocycles. The van der Waals surface area contributed by atoms with Crippen molar-refractivity contribution in [3.8, 4) is 11.5 Å². The molecule has 1 aliphatic heterocycles. The third kappa shape index (κ3) is 4.42. The van der Waals surface area contributed by atoms with Crippen molar-refractivity contribution in [2.75, 3.05) is 23.3 Å². The van der Waals surface area contributed by atoms with Crippen molar-refractivity contribution in [3.63, 3.8) is 0 Å². The maximum atomic E-state index is 12.5. The summed E-state index contributed by atoms with van der Waals surface area (Å²) in [6.45, 7) is 0.636. The second kappa shape index (κ2) is 7.40. The molecule has 3 rings (SSSR count). The van der Waals surface area contributed by atoms with Gasteiger partial charge in [-0.2, -0.15) is 13.2 Å². The predicted octanol–water partition coefficient (Wildman–Crippen LogP) is 3.41. The maximum Gasteiger partial charge on any atom is 0.471 e. The number of hydrogen-bond acceptors (Lipinski definition) is 5. The SMILES string of the molecule is O=C(Nc1ccc(S(=O)(=O)Nc2cc3c(cc2Cl)OCCO3)cc1)C(F)(F)F. The average Bonchev–Trinajstić information content (AvgIpc) is 2.62. The minimum absolute atomic E-state index is 0.0420. The van der Waals surface area contributed by atoms with Crippen LogP contribution in [0.3, 0.4) is 0 Å². The van der Waals surface area contributed by atoms with Gasteiger partial charge < -0.3 is 14.8 Å². The summed E-state index contributed by atoms with van der Waals surface area (Å²) in [6.07, 6.45) is -5.05. The number of halogens is 4. The lowest BCUT2D eigenvalue weighted by Crippen LogP contribution is -2.29. The van der Waals surface area contributed by atoms with E-state index in [9.17, 15) is 26.4 Å². The Morgan fingerprint density at radius 2 is 1.61 bits per heavy atom. The Hall–Kier alpha value is -2.66. The number of amides is 1. The summed E-state index contributed by atoms with van der Waals surface area (Å²) in [7, 11) is -4.10. The third-order valence-corrected chi connectivity index (χ3v) is 5.25. The van der Waals surface area contributed by atoms with Crippen LogP contribution in [0.4, 0.5) is 24.5 Å². The smallest absolute Gasteiger partial charge is 0.471 e. The normalized spacial score (nSPS) is 13.7. The van der Waals surface area contributed by atoms with Crippen LogP contribution in [0.15, 0.2) is 41.3 Å². The van der Waals surface area contributed by atoms with E-state index in [-0.39, 0.29) is 21.3 Å². The van der Waals surface area contributed by atoms with Crippen LogP contribution >= 0.6 is 11.6 Å². The van der Waals surface area contributed by atoms with E-state index in [1.165, 1.54) is 12.1 Å². The minimum Gasteiger partial charge on any atom is -0.486 e. The van der Waals surface area contributed by atoms with Gasteiger partial charge in [0.1, 0.15) is 13.2 Å². The molecule has 0 radical (unpaired) electrons. The summed E-state index contributed by atoms with van der Waals surface area (Å²) >= 11 is 6.06. The van der Waals surface area contributed by atoms with Crippen LogP contribution in [0.1, 0.15) is 0 Å². The molecule has 0 bridgehead atoms. The van der Waals surface area contributed by atoms with Crippen molar-refractivity contribution in [1.82, 2.24) is 0 Å². The number of carbonyl (C=O) groups excluding carboxylic acids is 1. The number of benzene rings is 2. The Morgan fingerprint density at radius 3 is 2.18 bits per heavy atom. The van der Waals surface area contributed by atoms with E-state index in [1.54, 1.807) is 5.32 Å². The number of hydrogen-bond donors (Lipinski definition) is 2. The standard InChI is InChI=1S/C16H12ClF3N2O5S/c17-11-7-13-14(27-6-5-26-13)8-12(11)22-28(24,25)10-3-1-9(2-4-10)21-15(23)16(18,19)20/h1-4,7-8,22H,5-6H2,(H,21,23). The monoisotopic (exact) mass is 436 g/mol. The van der Waals surface area contributed by atoms with Crippen LogP contribution in [0.5, 0.6) is 11.5 Å². The van der Waals surface area contributed by atoms with Gasteiger partial charge in [-0.3, -0.25) is 9.52 Å². The first kappa shape index (κ1) is 20.1. The molecule has 2 aromatic rings. The Kier molecular flexibility index (Phi) is 5.31. The summed E-state index contributed by atoms with van der Waals surface area (Å²) in [5.41, 5.74) is -0.168. The largest absolute Gasteiger partial charge is 0.486 e. The molecule has 150 valence electrons. The molecular weight excluding hydrogens is 425 g/mol. The molecule has 1 aliphatic rings. The van der Waals surface area contributed by atoms with Crippen molar-refractivity contribution in [2.45, 2.75) is 11.1 Å². The third-order valence-electron chi connectivity index (χ3n) is 3.56. The fourth-order valence-electron chi connectivity index (χ4n) is 2.27. The van der Waals surface area contributed by atoms with E-state index in [1.807, 2.05) is 0 Å². The fourth-order valence-corrected chi connectivity index (χ4v) is 3.59. The number of sulfonamides is 1. The zero-order valence-corrected chi connectivity index (χ0v) is 15.4. The predicted molar refractivity (Wildman–Crippen MR) is 94.4 cm³/mol. The van der Waals surface area contributed by atoms with Crippen LogP contribution in [0, 0.1) is 0 Å². The highest BCUT2D eigenvalue weighted by Crippen LogP contribution is 2.38. The van der Waals surface area contributed by atoms with E-state index >= 15 is 0 Å². The molecule has 0 atom stereocenters. The van der Waals surface area contributed by atoms with Gasteiger partial charge >= 0.3 is 12.1 Å². The Bertz CT molecular complexity index is 1010. The van der Waals surface area contributed by atoms with Gasteiger partial charge in [-0.25, -0.2) is 8.42 Å². The lowest BCUT2D eigenvalue weighted by atomic mass is 10.2. The zero-order chi connectivity index (χ0) is 20.5. The van der Waals surface area contributed by atoms with Crippen LogP contribution in [-0.2, 0) is 14.8 Å². The lowest BCUT2D eigenvalue weighted by Gasteiger charge is -2.20. The number of rotatable bonds is 4. The molecule has 0 aromatic heterocycles. The number of ether oxygens (including phenoxy) is 2. The summed E-state index contributed by atoms with van der Waals surface area (Å²) in [4.78, 5) is 10.7. The van der Waals surface area contributed by atoms with Crippen molar-refractivity contribution in [2.24, 2.45) is 0 Å². The Morgan fingerprint density at radius 1 is 1.04 bits per heavy atom. The first-order valence-corrected chi connectivity index (χ1v) is 9.52. The van der Waals surface area contributed by atoms with E-state index in [2.05, 4.69) is 4.72 Å². The van der Waals surface area contributed by atoms with Gasteiger partial charge in [0, 0.05) is 17.8 Å². The van der Waals surface area contributed by atoms with Gasteiger partial charge in [0.15, 0.2) is 11.5 Å². The van der Waals surface area contributed by atoms with Gasteiger partial charge in [-0.1, -0.05) is 11.6 Å². The first-order chi connectivity index (χ1) is 13.1. The van der Waals surface area contributed by atoms with Crippen molar-refractivity contribution in [3.05, 3.63) is 41.4 Å². The molecule has 0 saturated heterocycles. The molecule has 0 saturated carbocycles. The molecule has 0 spiro atoms. The maximum absolute atomic E-state index is 12.5. The lowest BCUT2D eigenvalue weighted by molar-refractivity contribution is -0.167. The fraction of sp³-hybridized carbons (Fsp3) is 0.188. The average molecular weight is 437 g/mol. The highest BCUT2D eigenvalue weighted by atomic mass is 35.5. The molecule has 0 unspecified atom stereocenters. The first-order valence-electron chi connectivity index (χ1n) is 7.66. The Labute approximate surface area is 162 Å². The van der Waals surface area contributed by atoms with Crippen LogP contribution in [0.25, 0.3) is 0 Å². The summed E-state index contributed by atoms with van der Waals surface area (Å²) in [5, 5.41) is 1.69. The van der Waals surface area contributed by atoms with Crippen LogP contribution in [-0.4, -0.2) is 33.7 Å². The minimum atomic E-state index is -5.05. The van der Waals surface area contributed by atoms with Gasteiger partial charge in [0.25, 0.3) is 10.0 Å². The number of alkyl halides is 3. The van der Waals surface area contributed by atoms with Crippen molar-refractivity contribution < 1.29 is 35.9 Å². The van der Waals surface area contributed by atoms with Crippen LogP contribution < -0.4 is 19.5 Å². The topological polar surface area (TPSA) is 93.7 Å². The molecule has 7 nitrogen and oxygen atoms in total. The van der Waals surface area contributed by atoms with Gasteiger partial charge in [-0.15, -0.1) is 0 Å². The van der Waals surface area contributed by atoms with E-state index in [0.29, 0.717) is 24.7 Å². The number of carbonyl (C=O) groups is 1. The molecular formula is C16H12ClF3N2O5S. The van der Waals surface area contributed by atoms with Gasteiger partial charge in [0.05, 0.1) is 15.6 Å². The van der Waals surface area contributed by atoms with Crippen LogP contribution in [0.2, 0.25) is 5.02 Å². The molecule has 28 heavy (non-hydrogen) atoms. The van der Waals surface area contributed by atoms with E-state index in [0.717, 1.165) is 24.3 Å². The number of anilines is 2. The molecule has 12 heteroatoms. The highest BCUT2D eigenvalue weighted by Gasteiger charge is 2.38. The quantitative estimate of drug-likeness (QED) is 0.766. The molecule has 0 fully saturated rings. The molecule has 2 N–H and O–H groups in total.